The Morgan fingerprint density at radius 1 is 0.963 bits per heavy atom. The maximum absolute atomic E-state index is 12.6. The van der Waals surface area contributed by atoms with E-state index < -0.39 is 0 Å². The smallest absolute Gasteiger partial charge is 0.246 e. The molecule has 0 spiro atoms. The molecule has 8 nitrogen and oxygen atoms in total. The summed E-state index contributed by atoms with van der Waals surface area (Å²) in [4.78, 5) is 18.0. The number of nitrogen functional groups attached to an aromatic ring is 1. The molecule has 0 atom stereocenters. The maximum Gasteiger partial charge on any atom is 0.246 e. The molecule has 1 amide bonds. The van der Waals surface area contributed by atoms with Crippen LogP contribution >= 0.6 is 0 Å². The summed E-state index contributed by atoms with van der Waals surface area (Å²) >= 11 is 0. The largest absolute Gasteiger partial charge is 0.398 e. The summed E-state index contributed by atoms with van der Waals surface area (Å²) in [6.07, 6.45) is 0. The van der Waals surface area contributed by atoms with Gasteiger partial charge in [-0.25, -0.2) is 0 Å². The highest BCUT2D eigenvalue weighted by Crippen LogP contribution is 2.21. The molecule has 4 rings (SSSR count). The monoisotopic (exact) mass is 363 g/mol. The van der Waals surface area contributed by atoms with Gasteiger partial charge in [0, 0.05) is 43.1 Å². The van der Waals surface area contributed by atoms with Crippen molar-refractivity contribution in [2.24, 2.45) is 0 Å². The molecule has 138 valence electrons. The number of carbonyl (C=O) groups excluding carboxylic acids is 1. The molecular weight excluding hydrogens is 342 g/mol. The Morgan fingerprint density at radius 2 is 1.67 bits per heavy atom. The van der Waals surface area contributed by atoms with Crippen LogP contribution in [0.1, 0.15) is 0 Å². The van der Waals surface area contributed by atoms with Gasteiger partial charge >= 0.3 is 0 Å². The molecule has 1 saturated heterocycles. The predicted octanol–water partition coefficient (Wildman–Crippen LogP) is 1.27. The molecule has 0 unspecified atom stereocenters. The lowest BCUT2D eigenvalue weighted by Gasteiger charge is -2.36. The second-order valence-corrected chi connectivity index (χ2v) is 6.43. The number of piperazine rings is 1. The summed E-state index contributed by atoms with van der Waals surface area (Å²) in [5.74, 6) is 0.419. The summed E-state index contributed by atoms with van der Waals surface area (Å²) in [5, 5.41) is 12.3. The lowest BCUT2D eigenvalue weighted by Crippen LogP contribution is -2.49. The van der Waals surface area contributed by atoms with Crippen LogP contribution in [0.15, 0.2) is 54.6 Å². The number of anilines is 2. The van der Waals surface area contributed by atoms with Crippen LogP contribution < -0.4 is 10.6 Å². The van der Waals surface area contributed by atoms with Crippen LogP contribution in [-0.2, 0) is 11.3 Å². The van der Waals surface area contributed by atoms with Crippen LogP contribution in [0.2, 0.25) is 0 Å². The minimum Gasteiger partial charge on any atom is -0.398 e. The molecule has 2 N–H and O–H groups in total. The molecule has 0 bridgehead atoms. The third-order valence-electron chi connectivity index (χ3n) is 4.68. The minimum absolute atomic E-state index is 0.00676. The van der Waals surface area contributed by atoms with Gasteiger partial charge < -0.3 is 15.5 Å². The molecular formula is C19H21N7O. The van der Waals surface area contributed by atoms with Gasteiger partial charge in [-0.2, -0.15) is 4.80 Å². The summed E-state index contributed by atoms with van der Waals surface area (Å²) < 4.78 is 0. The van der Waals surface area contributed by atoms with E-state index in [2.05, 4.69) is 32.4 Å². The Kier molecular flexibility index (Phi) is 4.69. The van der Waals surface area contributed by atoms with Gasteiger partial charge in [-0.15, -0.1) is 10.2 Å². The fourth-order valence-corrected chi connectivity index (χ4v) is 3.19. The molecule has 1 fully saturated rings. The van der Waals surface area contributed by atoms with E-state index in [0.717, 1.165) is 13.1 Å². The summed E-state index contributed by atoms with van der Waals surface area (Å²) in [6.45, 7) is 3.06. The number of hydrogen-bond donors (Lipinski definition) is 1. The lowest BCUT2D eigenvalue weighted by molar-refractivity contribution is -0.132. The van der Waals surface area contributed by atoms with Gasteiger partial charge in [0.05, 0.1) is 0 Å². The standard InChI is InChI=1S/C19H21N7O/c20-17-9-5-4-8-16(17)19-21-23-26(22-19)14-18(27)25-12-10-24(11-13-25)15-6-2-1-3-7-15/h1-9H,10-14,20H2. The zero-order chi connectivity index (χ0) is 18.6. The fraction of sp³-hybridized carbons (Fsp3) is 0.263. The molecule has 8 heteroatoms. The normalized spacial score (nSPS) is 14.4. The molecule has 2 heterocycles. The number of amides is 1. The van der Waals surface area contributed by atoms with E-state index in [-0.39, 0.29) is 12.5 Å². The average molecular weight is 363 g/mol. The highest BCUT2D eigenvalue weighted by atomic mass is 16.2. The Hall–Kier alpha value is -3.42. The molecule has 1 aliphatic heterocycles. The van der Waals surface area contributed by atoms with Gasteiger partial charge in [-0.1, -0.05) is 30.3 Å². The first-order valence-corrected chi connectivity index (χ1v) is 8.91. The fourth-order valence-electron chi connectivity index (χ4n) is 3.19. The number of tetrazole rings is 1. The van der Waals surface area contributed by atoms with Crippen molar-refractivity contribution in [3.8, 4) is 11.4 Å². The average Bonchev–Trinajstić information content (AvgIpc) is 3.17. The molecule has 0 saturated carbocycles. The van der Waals surface area contributed by atoms with Crippen molar-refractivity contribution in [1.29, 1.82) is 0 Å². The zero-order valence-corrected chi connectivity index (χ0v) is 14.9. The topological polar surface area (TPSA) is 93.2 Å². The summed E-state index contributed by atoms with van der Waals surface area (Å²) in [6, 6.07) is 17.6. The molecule has 2 aromatic carbocycles. The van der Waals surface area contributed by atoms with Gasteiger partial charge in [0.25, 0.3) is 0 Å². The van der Waals surface area contributed by atoms with E-state index >= 15 is 0 Å². The molecule has 0 radical (unpaired) electrons. The van der Waals surface area contributed by atoms with Crippen LogP contribution in [0.3, 0.4) is 0 Å². The van der Waals surface area contributed by atoms with Crippen LogP contribution in [0, 0.1) is 0 Å². The van der Waals surface area contributed by atoms with Gasteiger partial charge in [0.15, 0.2) is 0 Å². The highest BCUT2D eigenvalue weighted by Gasteiger charge is 2.22. The van der Waals surface area contributed by atoms with Crippen molar-refractivity contribution in [2.75, 3.05) is 36.8 Å². The molecule has 1 aliphatic rings. The van der Waals surface area contributed by atoms with Crippen molar-refractivity contribution in [2.45, 2.75) is 6.54 Å². The van der Waals surface area contributed by atoms with Gasteiger partial charge in [-0.05, 0) is 29.5 Å². The SMILES string of the molecule is Nc1ccccc1-c1nnn(CC(=O)N2CCN(c3ccccc3)CC2)n1. The highest BCUT2D eigenvalue weighted by molar-refractivity contribution is 5.76. The van der Waals surface area contributed by atoms with E-state index in [1.54, 1.807) is 6.07 Å². The number of para-hydroxylation sites is 2. The van der Waals surface area contributed by atoms with E-state index in [1.165, 1.54) is 10.5 Å². The predicted molar refractivity (Wildman–Crippen MR) is 103 cm³/mol. The number of hydrogen-bond acceptors (Lipinski definition) is 6. The summed E-state index contributed by atoms with van der Waals surface area (Å²) in [7, 11) is 0. The second-order valence-electron chi connectivity index (χ2n) is 6.43. The molecule has 27 heavy (non-hydrogen) atoms. The lowest BCUT2D eigenvalue weighted by atomic mass is 10.2. The van der Waals surface area contributed by atoms with E-state index in [9.17, 15) is 4.79 Å². The van der Waals surface area contributed by atoms with E-state index in [4.69, 9.17) is 5.73 Å². The van der Waals surface area contributed by atoms with Crippen LogP contribution in [0.25, 0.3) is 11.4 Å². The number of aromatic nitrogens is 4. The molecule has 3 aromatic rings. The first-order valence-electron chi connectivity index (χ1n) is 8.91. The van der Waals surface area contributed by atoms with Crippen molar-refractivity contribution >= 4 is 17.3 Å². The number of carbonyl (C=O) groups is 1. The third kappa shape index (κ3) is 3.74. The quantitative estimate of drug-likeness (QED) is 0.702. The minimum atomic E-state index is -0.00676. The van der Waals surface area contributed by atoms with Crippen molar-refractivity contribution in [3.05, 3.63) is 54.6 Å². The third-order valence-corrected chi connectivity index (χ3v) is 4.68. The van der Waals surface area contributed by atoms with Crippen molar-refractivity contribution in [3.63, 3.8) is 0 Å². The number of nitrogens with zero attached hydrogens (tertiary/aromatic N) is 6. The maximum atomic E-state index is 12.6. The number of rotatable bonds is 4. The Balaban J connectivity index is 1.36. The van der Waals surface area contributed by atoms with E-state index in [1.807, 2.05) is 41.3 Å². The second kappa shape index (κ2) is 7.45. The number of benzene rings is 2. The molecule has 0 aliphatic carbocycles. The zero-order valence-electron chi connectivity index (χ0n) is 14.9. The van der Waals surface area contributed by atoms with Gasteiger partial charge in [0.1, 0.15) is 6.54 Å². The first-order chi connectivity index (χ1) is 13.2. The van der Waals surface area contributed by atoms with Crippen LogP contribution in [0.4, 0.5) is 11.4 Å². The molecule has 1 aromatic heterocycles. The number of nitrogens with two attached hydrogens (primary N) is 1. The van der Waals surface area contributed by atoms with Crippen molar-refractivity contribution < 1.29 is 4.79 Å². The first kappa shape index (κ1) is 17.0. The Bertz CT molecular complexity index is 917. The van der Waals surface area contributed by atoms with Gasteiger partial charge in [-0.3, -0.25) is 4.79 Å². The van der Waals surface area contributed by atoms with Gasteiger partial charge in [0.2, 0.25) is 11.7 Å². The van der Waals surface area contributed by atoms with Crippen LogP contribution in [-0.4, -0.2) is 57.2 Å². The van der Waals surface area contributed by atoms with Crippen molar-refractivity contribution in [1.82, 2.24) is 25.1 Å². The Labute approximate surface area is 157 Å². The van der Waals surface area contributed by atoms with Crippen LogP contribution in [0.5, 0.6) is 0 Å². The summed E-state index contributed by atoms with van der Waals surface area (Å²) in [5.41, 5.74) is 8.43. The Morgan fingerprint density at radius 3 is 2.41 bits per heavy atom. The van der Waals surface area contributed by atoms with E-state index in [0.29, 0.717) is 30.2 Å².